The molecule has 2 heterocycles. The smallest absolute Gasteiger partial charge is 0.255 e. The third-order valence-corrected chi connectivity index (χ3v) is 8.98. The van der Waals surface area contributed by atoms with Crippen molar-refractivity contribution in [2.75, 3.05) is 6.26 Å². The number of pyridine rings is 1. The number of carbonyl (C=O) groups excluding carboxylic acids is 2. The molecule has 2 amide bonds. The van der Waals surface area contributed by atoms with E-state index < -0.39 is 40.0 Å². The first-order valence-electron chi connectivity index (χ1n) is 13.5. The van der Waals surface area contributed by atoms with Crippen molar-refractivity contribution in [2.24, 2.45) is 0 Å². The van der Waals surface area contributed by atoms with Gasteiger partial charge in [0.05, 0.1) is 18.2 Å². The molecule has 0 saturated heterocycles. The van der Waals surface area contributed by atoms with Gasteiger partial charge in [-0.25, -0.2) is 18.6 Å². The largest absolute Gasteiger partial charge is 0.618 e. The molecule has 222 valence electrons. The molecule has 42 heavy (non-hydrogen) atoms. The monoisotopic (exact) mass is 632 g/mol. The Morgan fingerprint density at radius 3 is 2.55 bits per heavy atom. The van der Waals surface area contributed by atoms with E-state index in [0.717, 1.165) is 19.1 Å². The maximum absolute atomic E-state index is 14.3. The lowest BCUT2D eigenvalue weighted by atomic mass is 9.76. The van der Waals surface area contributed by atoms with E-state index in [1.807, 2.05) is 0 Å². The highest BCUT2D eigenvalue weighted by atomic mass is 35.5. The van der Waals surface area contributed by atoms with Gasteiger partial charge in [-0.05, 0) is 48.2 Å². The van der Waals surface area contributed by atoms with Crippen molar-refractivity contribution in [3.63, 3.8) is 0 Å². The van der Waals surface area contributed by atoms with E-state index in [-0.39, 0.29) is 23.2 Å². The van der Waals surface area contributed by atoms with Crippen LogP contribution in [0.1, 0.15) is 64.8 Å². The van der Waals surface area contributed by atoms with Crippen LogP contribution in [0.2, 0.25) is 10.0 Å². The molecule has 0 spiro atoms. The lowest BCUT2D eigenvalue weighted by molar-refractivity contribution is -0.616. The molecule has 0 bridgehead atoms. The number of amides is 2. The van der Waals surface area contributed by atoms with Gasteiger partial charge in [-0.2, -0.15) is 4.73 Å². The van der Waals surface area contributed by atoms with Gasteiger partial charge >= 0.3 is 0 Å². The average molecular weight is 634 g/mol. The van der Waals surface area contributed by atoms with Gasteiger partial charge in [0.1, 0.15) is 0 Å². The zero-order valence-electron chi connectivity index (χ0n) is 22.7. The van der Waals surface area contributed by atoms with E-state index in [4.69, 9.17) is 28.0 Å². The van der Waals surface area contributed by atoms with E-state index in [2.05, 4.69) is 10.2 Å². The van der Waals surface area contributed by atoms with Crippen molar-refractivity contribution in [3.05, 3.63) is 104 Å². The molecule has 3 aromatic rings. The molecule has 1 aliphatic carbocycles. The number of hydroxylamine groups is 1. The summed E-state index contributed by atoms with van der Waals surface area (Å²) in [5, 5.41) is 12.7. The highest BCUT2D eigenvalue weighted by Crippen LogP contribution is 2.47. The maximum atomic E-state index is 14.3. The van der Waals surface area contributed by atoms with Crippen molar-refractivity contribution >= 4 is 45.0 Å². The minimum absolute atomic E-state index is 0.192. The summed E-state index contributed by atoms with van der Waals surface area (Å²) in [6.45, 7) is -0.192. The van der Waals surface area contributed by atoms with Crippen LogP contribution in [0.25, 0.3) is 0 Å². The molecule has 1 aliphatic heterocycles. The highest BCUT2D eigenvalue weighted by Gasteiger charge is 2.49. The Labute approximate surface area is 254 Å². The molecule has 1 aromatic heterocycles. The Kier molecular flexibility index (Phi) is 9.05. The van der Waals surface area contributed by atoms with E-state index >= 15 is 0 Å². The standard InChI is InChI=1S/C29H30Cl2N4O6S/c1-42(39,40)33-24-11-4-5-12-25(24)35-27(22-14-13-18(30)16-23(22)31)26(20-9-2-3-10-21(20)29(35)37)28(36)32-41-17-19-8-6-7-15-34(19)38/h2-3,6-10,13-16,24-27,33H,4-5,11-12,17H2,1H3,(H,32,36)/t24-,25-,26+,27-/m0/s1. The first kappa shape index (κ1) is 30.2. The molecule has 5 rings (SSSR count). The van der Waals surface area contributed by atoms with Gasteiger partial charge in [0.25, 0.3) is 11.8 Å². The fourth-order valence-corrected chi connectivity index (χ4v) is 7.29. The maximum Gasteiger partial charge on any atom is 0.255 e. The van der Waals surface area contributed by atoms with E-state index in [9.17, 15) is 23.2 Å². The zero-order valence-corrected chi connectivity index (χ0v) is 25.0. The van der Waals surface area contributed by atoms with Gasteiger partial charge in [0, 0.05) is 39.8 Å². The van der Waals surface area contributed by atoms with Crippen LogP contribution in [-0.2, 0) is 26.3 Å². The summed E-state index contributed by atoms with van der Waals surface area (Å²) in [5.74, 6) is -1.89. The Bertz CT molecular complexity index is 1600. The second kappa shape index (κ2) is 12.6. The summed E-state index contributed by atoms with van der Waals surface area (Å²) in [6.07, 6.45) is 5.01. The summed E-state index contributed by atoms with van der Waals surface area (Å²) < 4.78 is 28.0. The summed E-state index contributed by atoms with van der Waals surface area (Å²) in [5.41, 5.74) is 4.04. The van der Waals surface area contributed by atoms with Crippen LogP contribution >= 0.6 is 23.2 Å². The van der Waals surface area contributed by atoms with Crippen molar-refractivity contribution < 1.29 is 27.6 Å². The van der Waals surface area contributed by atoms with Crippen molar-refractivity contribution in [1.29, 1.82) is 0 Å². The molecule has 2 N–H and O–H groups in total. The van der Waals surface area contributed by atoms with Crippen LogP contribution in [0, 0.1) is 5.21 Å². The molecule has 2 aromatic carbocycles. The Balaban J connectivity index is 1.60. The number of carbonyl (C=O) groups is 2. The Morgan fingerprint density at radius 1 is 1.07 bits per heavy atom. The lowest BCUT2D eigenvalue weighted by Crippen LogP contribution is -2.59. The van der Waals surface area contributed by atoms with Crippen LogP contribution in [0.3, 0.4) is 0 Å². The number of benzene rings is 2. The lowest BCUT2D eigenvalue weighted by Gasteiger charge is -2.49. The molecule has 4 atom stereocenters. The van der Waals surface area contributed by atoms with Gasteiger partial charge in [-0.15, -0.1) is 0 Å². The van der Waals surface area contributed by atoms with Gasteiger partial charge in [0.2, 0.25) is 15.7 Å². The summed E-state index contributed by atoms with van der Waals surface area (Å²) in [4.78, 5) is 35.4. The Hall–Kier alpha value is -3.22. The number of rotatable bonds is 8. The average Bonchev–Trinajstić information content (AvgIpc) is 2.94. The van der Waals surface area contributed by atoms with E-state index in [0.29, 0.717) is 39.3 Å². The normalized spacial score (nSPS) is 22.5. The van der Waals surface area contributed by atoms with Crippen LogP contribution in [-0.4, -0.2) is 43.5 Å². The zero-order chi connectivity index (χ0) is 30.0. The number of hydrogen-bond acceptors (Lipinski definition) is 6. The van der Waals surface area contributed by atoms with Crippen LogP contribution in [0.5, 0.6) is 0 Å². The van der Waals surface area contributed by atoms with Gasteiger partial charge < -0.3 is 10.1 Å². The first-order valence-corrected chi connectivity index (χ1v) is 16.1. The molecule has 0 unspecified atom stereocenters. The molecule has 2 aliphatic rings. The Morgan fingerprint density at radius 2 is 1.81 bits per heavy atom. The van der Waals surface area contributed by atoms with Gasteiger partial charge in [0.15, 0.2) is 12.8 Å². The summed E-state index contributed by atoms with van der Waals surface area (Å²) in [6, 6.07) is 14.4. The van der Waals surface area contributed by atoms with E-state index in [1.165, 1.54) is 6.20 Å². The van der Waals surface area contributed by atoms with Crippen molar-refractivity contribution in [3.8, 4) is 0 Å². The van der Waals surface area contributed by atoms with Gasteiger partial charge in [-0.1, -0.05) is 60.3 Å². The quantitative estimate of drug-likeness (QED) is 0.219. The third-order valence-electron chi connectivity index (χ3n) is 7.69. The predicted octanol–water partition coefficient (Wildman–Crippen LogP) is 4.02. The number of hydrogen-bond donors (Lipinski definition) is 2. The number of sulfonamides is 1. The SMILES string of the molecule is CS(=O)(=O)N[C@H]1CCCC[C@@H]1N1C(=O)c2ccccc2[C@@H](C(=O)NOCc2cccc[n+]2[O-])[C@@H]1c1ccc(Cl)cc1Cl. The fraction of sp³-hybridized carbons (Fsp3) is 0.345. The van der Waals surface area contributed by atoms with Gasteiger partial charge in [-0.3, -0.25) is 14.4 Å². The van der Waals surface area contributed by atoms with Crippen LogP contribution in [0.4, 0.5) is 0 Å². The molecule has 13 heteroatoms. The molecule has 0 radical (unpaired) electrons. The number of halogens is 2. The second-order valence-electron chi connectivity index (χ2n) is 10.5. The minimum atomic E-state index is -3.60. The van der Waals surface area contributed by atoms with Crippen molar-refractivity contribution in [2.45, 2.75) is 56.3 Å². The van der Waals surface area contributed by atoms with Crippen LogP contribution < -0.4 is 14.9 Å². The molecular formula is C29H30Cl2N4O6S. The van der Waals surface area contributed by atoms with Crippen molar-refractivity contribution in [1.82, 2.24) is 15.1 Å². The number of fused-ring (bicyclic) bond motifs is 1. The molecule has 1 fully saturated rings. The first-order chi connectivity index (χ1) is 20.0. The fourth-order valence-electron chi connectivity index (χ4n) is 5.95. The highest BCUT2D eigenvalue weighted by molar-refractivity contribution is 7.88. The third kappa shape index (κ3) is 6.40. The second-order valence-corrected chi connectivity index (χ2v) is 13.1. The number of aromatic nitrogens is 1. The van der Waals surface area contributed by atoms with Crippen LogP contribution in [0.15, 0.2) is 66.9 Å². The molecule has 10 nitrogen and oxygen atoms in total. The minimum Gasteiger partial charge on any atom is -0.618 e. The topological polar surface area (TPSA) is 132 Å². The number of nitrogens with one attached hydrogen (secondary N) is 2. The van der Waals surface area contributed by atoms with E-state index in [1.54, 1.807) is 65.6 Å². The predicted molar refractivity (Wildman–Crippen MR) is 157 cm³/mol. The number of nitrogens with zero attached hydrogens (tertiary/aromatic N) is 2. The molecule has 1 saturated carbocycles. The summed E-state index contributed by atoms with van der Waals surface area (Å²) in [7, 11) is -3.60. The molecular weight excluding hydrogens is 603 g/mol. The summed E-state index contributed by atoms with van der Waals surface area (Å²) >= 11 is 12.9.